The Labute approximate surface area is 184 Å². The van der Waals surface area contributed by atoms with Gasteiger partial charge in [0.05, 0.1) is 5.52 Å². The average molecular weight is 421 g/mol. The Bertz CT molecular complexity index is 1090. The lowest BCUT2D eigenvalue weighted by atomic mass is 9.93. The molecule has 1 aliphatic carbocycles. The van der Waals surface area contributed by atoms with Crippen molar-refractivity contribution in [1.29, 1.82) is 0 Å². The minimum absolute atomic E-state index is 0.0941. The summed E-state index contributed by atoms with van der Waals surface area (Å²) in [6.45, 7) is 6.65. The Morgan fingerprint density at radius 3 is 2.50 bits per heavy atom. The third-order valence-electron chi connectivity index (χ3n) is 6.27. The maximum absolute atomic E-state index is 13.6. The maximum atomic E-state index is 13.6. The van der Waals surface area contributed by atoms with Crippen LogP contribution in [0.5, 0.6) is 0 Å². The summed E-state index contributed by atoms with van der Waals surface area (Å²) in [7, 11) is 0. The molecule has 1 aromatic heterocycles. The molecule has 1 saturated carbocycles. The number of fused-ring (bicyclic) bond motifs is 1. The van der Waals surface area contributed by atoms with Gasteiger partial charge >= 0.3 is 0 Å². The highest BCUT2D eigenvalue weighted by atomic mass is 35.5. The minimum Gasteiger partial charge on any atom is -0.331 e. The number of carbonyl (C=O) groups is 1. The van der Waals surface area contributed by atoms with Crippen molar-refractivity contribution in [3.63, 3.8) is 0 Å². The van der Waals surface area contributed by atoms with Crippen molar-refractivity contribution < 1.29 is 4.79 Å². The topological polar surface area (TPSA) is 33.2 Å². The SMILES string of the molecule is Cc1cc(C)c2nc(Cl)c(CN(C(=O)c3ccccc3C)C3CCCCC3)cc2c1. The maximum Gasteiger partial charge on any atom is 0.254 e. The number of pyridine rings is 1. The van der Waals surface area contributed by atoms with Crippen molar-refractivity contribution in [3.8, 4) is 0 Å². The highest BCUT2D eigenvalue weighted by molar-refractivity contribution is 6.30. The minimum atomic E-state index is 0.0941. The van der Waals surface area contributed by atoms with Gasteiger partial charge < -0.3 is 4.90 Å². The van der Waals surface area contributed by atoms with Crippen LogP contribution < -0.4 is 0 Å². The van der Waals surface area contributed by atoms with E-state index < -0.39 is 0 Å². The summed E-state index contributed by atoms with van der Waals surface area (Å²) in [5.74, 6) is 0.0941. The molecule has 0 radical (unpaired) electrons. The average Bonchev–Trinajstić information content (AvgIpc) is 2.73. The van der Waals surface area contributed by atoms with E-state index in [4.69, 9.17) is 16.6 Å². The number of aryl methyl sites for hydroxylation is 3. The smallest absolute Gasteiger partial charge is 0.254 e. The van der Waals surface area contributed by atoms with Gasteiger partial charge in [0.15, 0.2) is 0 Å². The van der Waals surface area contributed by atoms with Gasteiger partial charge in [-0.15, -0.1) is 0 Å². The molecule has 0 saturated heterocycles. The molecule has 0 spiro atoms. The van der Waals surface area contributed by atoms with Crippen molar-refractivity contribution >= 4 is 28.4 Å². The van der Waals surface area contributed by atoms with Gasteiger partial charge in [-0.3, -0.25) is 4.79 Å². The zero-order valence-electron chi connectivity index (χ0n) is 18.0. The number of hydrogen-bond acceptors (Lipinski definition) is 2. The van der Waals surface area contributed by atoms with Crippen molar-refractivity contribution in [2.75, 3.05) is 0 Å². The van der Waals surface area contributed by atoms with Gasteiger partial charge in [0.2, 0.25) is 0 Å². The Balaban J connectivity index is 1.74. The van der Waals surface area contributed by atoms with Crippen LogP contribution in [0.3, 0.4) is 0 Å². The third kappa shape index (κ3) is 4.22. The second-order valence-electron chi connectivity index (χ2n) is 8.63. The van der Waals surface area contributed by atoms with Crippen LogP contribution in [0.15, 0.2) is 42.5 Å². The number of benzene rings is 2. The van der Waals surface area contributed by atoms with Crippen LogP contribution >= 0.6 is 11.6 Å². The lowest BCUT2D eigenvalue weighted by Gasteiger charge is -2.35. The molecule has 1 heterocycles. The van der Waals surface area contributed by atoms with E-state index in [2.05, 4.69) is 32.0 Å². The predicted octanol–water partition coefficient (Wildman–Crippen LogP) is 6.79. The molecular formula is C26H29ClN2O. The number of rotatable bonds is 4. The molecule has 3 nitrogen and oxygen atoms in total. The molecule has 1 fully saturated rings. The van der Waals surface area contributed by atoms with E-state index in [1.54, 1.807) is 0 Å². The summed E-state index contributed by atoms with van der Waals surface area (Å²) in [5.41, 5.74) is 5.97. The highest BCUT2D eigenvalue weighted by Gasteiger charge is 2.28. The van der Waals surface area contributed by atoms with Crippen molar-refractivity contribution in [2.45, 2.75) is 65.5 Å². The summed E-state index contributed by atoms with van der Waals surface area (Å²) < 4.78 is 0. The first-order valence-corrected chi connectivity index (χ1v) is 11.2. The summed E-state index contributed by atoms with van der Waals surface area (Å²) >= 11 is 6.63. The van der Waals surface area contributed by atoms with Gasteiger partial charge in [-0.05, 0) is 62.9 Å². The quantitative estimate of drug-likeness (QED) is 0.435. The largest absolute Gasteiger partial charge is 0.331 e. The summed E-state index contributed by atoms with van der Waals surface area (Å²) in [6.07, 6.45) is 5.69. The molecule has 0 bridgehead atoms. The molecule has 30 heavy (non-hydrogen) atoms. The fourth-order valence-electron chi connectivity index (χ4n) is 4.69. The van der Waals surface area contributed by atoms with E-state index in [9.17, 15) is 4.79 Å². The van der Waals surface area contributed by atoms with Gasteiger partial charge in [-0.25, -0.2) is 4.98 Å². The van der Waals surface area contributed by atoms with Gasteiger partial charge in [0, 0.05) is 29.1 Å². The molecule has 1 amide bonds. The number of nitrogens with zero attached hydrogens (tertiary/aromatic N) is 2. The molecule has 4 rings (SSSR count). The van der Waals surface area contributed by atoms with E-state index in [1.807, 2.05) is 36.1 Å². The molecule has 2 aromatic carbocycles. The normalized spacial score (nSPS) is 14.8. The highest BCUT2D eigenvalue weighted by Crippen LogP contribution is 2.30. The van der Waals surface area contributed by atoms with Crippen LogP contribution in [0.1, 0.15) is 64.7 Å². The first kappa shape index (κ1) is 20.9. The second kappa shape index (κ2) is 8.77. The second-order valence-corrected chi connectivity index (χ2v) is 8.99. The Hall–Kier alpha value is -2.39. The Kier molecular flexibility index (Phi) is 6.10. The van der Waals surface area contributed by atoms with Gasteiger partial charge in [-0.2, -0.15) is 0 Å². The van der Waals surface area contributed by atoms with Gasteiger partial charge in [0.1, 0.15) is 5.15 Å². The van der Waals surface area contributed by atoms with Gasteiger partial charge in [0.25, 0.3) is 5.91 Å². The molecule has 0 atom stereocenters. The lowest BCUT2D eigenvalue weighted by molar-refractivity contribution is 0.0613. The zero-order chi connectivity index (χ0) is 21.3. The van der Waals surface area contributed by atoms with Crippen molar-refractivity contribution in [2.24, 2.45) is 0 Å². The zero-order valence-corrected chi connectivity index (χ0v) is 18.8. The number of aromatic nitrogens is 1. The third-order valence-corrected chi connectivity index (χ3v) is 6.60. The summed E-state index contributed by atoms with van der Waals surface area (Å²) in [5, 5.41) is 1.58. The summed E-state index contributed by atoms with van der Waals surface area (Å²) in [4.78, 5) is 20.3. The number of amides is 1. The van der Waals surface area contributed by atoms with E-state index in [0.29, 0.717) is 11.7 Å². The Morgan fingerprint density at radius 1 is 1.03 bits per heavy atom. The Morgan fingerprint density at radius 2 is 1.77 bits per heavy atom. The fourth-order valence-corrected chi connectivity index (χ4v) is 4.89. The van der Waals surface area contributed by atoms with Crippen LogP contribution in [-0.2, 0) is 6.54 Å². The molecule has 0 aliphatic heterocycles. The molecule has 0 N–H and O–H groups in total. The van der Waals surface area contributed by atoms with Gasteiger partial charge in [-0.1, -0.05) is 60.7 Å². The van der Waals surface area contributed by atoms with Crippen LogP contribution in [0, 0.1) is 20.8 Å². The van der Waals surface area contributed by atoms with Crippen molar-refractivity contribution in [1.82, 2.24) is 9.88 Å². The van der Waals surface area contributed by atoms with E-state index in [-0.39, 0.29) is 11.9 Å². The first-order chi connectivity index (χ1) is 14.4. The molecule has 1 aliphatic rings. The standard InChI is InChI=1S/C26H29ClN2O/c1-17-13-19(3)24-20(14-17)15-21(25(27)28-24)16-29(22-10-5-4-6-11-22)26(30)23-12-8-7-9-18(23)2/h7-9,12-15,22H,4-6,10-11,16H2,1-3H3. The predicted molar refractivity (Wildman–Crippen MR) is 124 cm³/mol. The van der Waals surface area contributed by atoms with E-state index >= 15 is 0 Å². The number of carbonyl (C=O) groups excluding carboxylic acids is 1. The van der Waals surface area contributed by atoms with Crippen LogP contribution in [0.25, 0.3) is 10.9 Å². The number of halogens is 1. The molecule has 0 unspecified atom stereocenters. The van der Waals surface area contributed by atoms with Crippen LogP contribution in [-0.4, -0.2) is 21.8 Å². The van der Waals surface area contributed by atoms with Crippen LogP contribution in [0.2, 0.25) is 5.15 Å². The lowest BCUT2D eigenvalue weighted by Crippen LogP contribution is -2.41. The first-order valence-electron chi connectivity index (χ1n) is 10.9. The molecule has 156 valence electrons. The fraction of sp³-hybridized carbons (Fsp3) is 0.385. The monoisotopic (exact) mass is 420 g/mol. The van der Waals surface area contributed by atoms with E-state index in [1.165, 1.54) is 24.8 Å². The molecule has 3 aromatic rings. The van der Waals surface area contributed by atoms with Crippen molar-refractivity contribution in [3.05, 3.63) is 75.4 Å². The van der Waals surface area contributed by atoms with Crippen LogP contribution in [0.4, 0.5) is 0 Å². The summed E-state index contributed by atoms with van der Waals surface area (Å²) in [6, 6.07) is 14.5. The molecular weight excluding hydrogens is 392 g/mol. The molecule has 4 heteroatoms. The number of hydrogen-bond donors (Lipinski definition) is 0. The van der Waals surface area contributed by atoms with E-state index in [0.717, 1.165) is 46.0 Å².